The van der Waals surface area contributed by atoms with Gasteiger partial charge in [0, 0.05) is 12.6 Å². The minimum atomic E-state index is -2.81. The van der Waals surface area contributed by atoms with Crippen LogP contribution in [-0.4, -0.2) is 57.4 Å². The SMILES string of the molecule is O=S1(=O)CCC(NCC2(CO)COC2)C1. The van der Waals surface area contributed by atoms with Gasteiger partial charge in [-0.2, -0.15) is 0 Å². The fourth-order valence-corrected chi connectivity index (χ4v) is 3.66. The van der Waals surface area contributed by atoms with Crippen LogP contribution in [0.15, 0.2) is 0 Å². The zero-order chi connectivity index (χ0) is 10.9. The standard InChI is InChI=1S/C9H17NO4S/c11-5-9(6-14-7-9)4-10-8-1-2-15(12,13)3-8/h8,10-11H,1-7H2. The molecule has 0 aromatic rings. The molecule has 2 saturated heterocycles. The van der Waals surface area contributed by atoms with Crippen LogP contribution >= 0.6 is 0 Å². The van der Waals surface area contributed by atoms with Gasteiger partial charge in [0.15, 0.2) is 9.84 Å². The lowest BCUT2D eigenvalue weighted by molar-refractivity contribution is -0.134. The van der Waals surface area contributed by atoms with Gasteiger partial charge >= 0.3 is 0 Å². The van der Waals surface area contributed by atoms with Gasteiger partial charge < -0.3 is 15.2 Å². The van der Waals surface area contributed by atoms with Gasteiger partial charge in [0.2, 0.25) is 0 Å². The lowest BCUT2D eigenvalue weighted by atomic mass is 9.87. The van der Waals surface area contributed by atoms with Crippen molar-refractivity contribution in [3.63, 3.8) is 0 Å². The Labute approximate surface area is 89.7 Å². The summed E-state index contributed by atoms with van der Waals surface area (Å²) in [6, 6.07) is 0.0547. The molecule has 0 aromatic heterocycles. The van der Waals surface area contributed by atoms with Crippen LogP contribution in [0.1, 0.15) is 6.42 Å². The van der Waals surface area contributed by atoms with Gasteiger partial charge in [-0.1, -0.05) is 0 Å². The van der Waals surface area contributed by atoms with Crippen LogP contribution in [0, 0.1) is 5.41 Å². The number of aliphatic hydroxyl groups is 1. The molecule has 5 nitrogen and oxygen atoms in total. The van der Waals surface area contributed by atoms with E-state index in [-0.39, 0.29) is 29.6 Å². The third kappa shape index (κ3) is 2.50. The molecule has 2 aliphatic rings. The Bertz CT molecular complexity index is 317. The van der Waals surface area contributed by atoms with Crippen molar-refractivity contribution in [3.05, 3.63) is 0 Å². The summed E-state index contributed by atoms with van der Waals surface area (Å²) in [7, 11) is -2.81. The molecule has 2 N–H and O–H groups in total. The third-order valence-electron chi connectivity index (χ3n) is 3.15. The van der Waals surface area contributed by atoms with E-state index >= 15 is 0 Å². The lowest BCUT2D eigenvalue weighted by Crippen LogP contribution is -2.54. The first kappa shape index (κ1) is 11.3. The summed E-state index contributed by atoms with van der Waals surface area (Å²) in [5.74, 6) is 0.517. The molecular formula is C9H17NO4S. The normalized spacial score (nSPS) is 32.5. The molecule has 0 amide bonds. The van der Waals surface area contributed by atoms with Crippen LogP contribution in [0.5, 0.6) is 0 Å². The number of rotatable bonds is 4. The van der Waals surface area contributed by atoms with Crippen LogP contribution in [-0.2, 0) is 14.6 Å². The van der Waals surface area contributed by atoms with Crippen molar-refractivity contribution in [1.29, 1.82) is 0 Å². The Hall–Kier alpha value is -0.170. The molecule has 2 fully saturated rings. The Kier molecular flexibility index (Phi) is 3.03. The minimum Gasteiger partial charge on any atom is -0.396 e. The molecule has 0 aromatic carbocycles. The van der Waals surface area contributed by atoms with Crippen LogP contribution in [0.2, 0.25) is 0 Å². The highest BCUT2D eigenvalue weighted by molar-refractivity contribution is 7.91. The summed E-state index contributed by atoms with van der Waals surface area (Å²) in [4.78, 5) is 0. The number of nitrogens with one attached hydrogen (secondary N) is 1. The van der Waals surface area contributed by atoms with Gasteiger partial charge in [0.05, 0.1) is 36.7 Å². The predicted octanol–water partition coefficient (Wildman–Crippen LogP) is -1.23. The maximum absolute atomic E-state index is 11.2. The average molecular weight is 235 g/mol. The van der Waals surface area contributed by atoms with E-state index in [9.17, 15) is 13.5 Å². The smallest absolute Gasteiger partial charge is 0.151 e. The topological polar surface area (TPSA) is 75.6 Å². The maximum Gasteiger partial charge on any atom is 0.151 e. The van der Waals surface area contributed by atoms with E-state index < -0.39 is 9.84 Å². The van der Waals surface area contributed by atoms with Crippen LogP contribution in [0.25, 0.3) is 0 Å². The van der Waals surface area contributed by atoms with Crippen LogP contribution < -0.4 is 5.32 Å². The number of aliphatic hydroxyl groups excluding tert-OH is 1. The van der Waals surface area contributed by atoms with Crippen LogP contribution in [0.3, 0.4) is 0 Å². The molecule has 15 heavy (non-hydrogen) atoms. The van der Waals surface area contributed by atoms with Crippen molar-refractivity contribution in [2.24, 2.45) is 5.41 Å². The summed E-state index contributed by atoms with van der Waals surface area (Å²) >= 11 is 0. The fraction of sp³-hybridized carbons (Fsp3) is 1.00. The number of hydrogen-bond acceptors (Lipinski definition) is 5. The second-order valence-electron chi connectivity index (χ2n) is 4.63. The van der Waals surface area contributed by atoms with E-state index in [4.69, 9.17) is 4.74 Å². The van der Waals surface area contributed by atoms with Crippen molar-refractivity contribution in [1.82, 2.24) is 5.32 Å². The largest absolute Gasteiger partial charge is 0.396 e. The zero-order valence-electron chi connectivity index (χ0n) is 8.61. The van der Waals surface area contributed by atoms with Crippen molar-refractivity contribution in [2.45, 2.75) is 12.5 Å². The molecule has 0 spiro atoms. The molecule has 0 bridgehead atoms. The van der Waals surface area contributed by atoms with E-state index in [0.717, 1.165) is 0 Å². The fourth-order valence-electron chi connectivity index (χ4n) is 1.96. The molecule has 6 heteroatoms. The first-order valence-electron chi connectivity index (χ1n) is 5.18. The van der Waals surface area contributed by atoms with Gasteiger partial charge in [0.1, 0.15) is 0 Å². The highest BCUT2D eigenvalue weighted by Crippen LogP contribution is 2.26. The number of sulfone groups is 1. The third-order valence-corrected chi connectivity index (χ3v) is 4.92. The molecule has 0 aliphatic carbocycles. The summed E-state index contributed by atoms with van der Waals surface area (Å²) in [6.07, 6.45) is 0.685. The summed E-state index contributed by atoms with van der Waals surface area (Å²) in [5, 5.41) is 12.4. The summed E-state index contributed by atoms with van der Waals surface area (Å²) < 4.78 is 27.5. The first-order chi connectivity index (χ1) is 7.05. The number of hydrogen-bond donors (Lipinski definition) is 2. The van der Waals surface area contributed by atoms with Crippen molar-refractivity contribution < 1.29 is 18.3 Å². The monoisotopic (exact) mass is 235 g/mol. The van der Waals surface area contributed by atoms with Crippen LogP contribution in [0.4, 0.5) is 0 Å². The molecule has 2 rings (SSSR count). The molecule has 0 saturated carbocycles. The van der Waals surface area contributed by atoms with E-state index in [2.05, 4.69) is 5.32 Å². The molecule has 88 valence electrons. The zero-order valence-corrected chi connectivity index (χ0v) is 9.42. The minimum absolute atomic E-state index is 0.0547. The van der Waals surface area contributed by atoms with Gasteiger partial charge in [-0.3, -0.25) is 0 Å². The predicted molar refractivity (Wildman–Crippen MR) is 55.4 cm³/mol. The lowest BCUT2D eigenvalue weighted by Gasteiger charge is -2.40. The van der Waals surface area contributed by atoms with E-state index in [0.29, 0.717) is 26.2 Å². The number of ether oxygens (including phenoxy) is 1. The Balaban J connectivity index is 1.79. The van der Waals surface area contributed by atoms with Crippen molar-refractivity contribution in [2.75, 3.05) is 37.9 Å². The van der Waals surface area contributed by atoms with E-state index in [1.54, 1.807) is 0 Å². The van der Waals surface area contributed by atoms with Crippen molar-refractivity contribution >= 4 is 9.84 Å². The van der Waals surface area contributed by atoms with Gasteiger partial charge in [-0.25, -0.2) is 8.42 Å². The summed E-state index contributed by atoms with van der Waals surface area (Å²) in [6.45, 7) is 1.87. The Morgan fingerprint density at radius 1 is 1.47 bits per heavy atom. The molecule has 2 aliphatic heterocycles. The molecule has 1 unspecified atom stereocenters. The molecule has 0 radical (unpaired) electrons. The first-order valence-corrected chi connectivity index (χ1v) is 7.00. The van der Waals surface area contributed by atoms with Gasteiger partial charge in [0.25, 0.3) is 0 Å². The maximum atomic E-state index is 11.2. The Morgan fingerprint density at radius 3 is 2.60 bits per heavy atom. The summed E-state index contributed by atoms with van der Waals surface area (Å²) in [5.41, 5.74) is -0.174. The quantitative estimate of drug-likeness (QED) is 0.638. The van der Waals surface area contributed by atoms with E-state index in [1.807, 2.05) is 0 Å². The second kappa shape index (κ2) is 4.01. The van der Waals surface area contributed by atoms with Crippen molar-refractivity contribution in [3.8, 4) is 0 Å². The van der Waals surface area contributed by atoms with Gasteiger partial charge in [-0.15, -0.1) is 0 Å². The van der Waals surface area contributed by atoms with Gasteiger partial charge in [-0.05, 0) is 6.42 Å². The molecule has 2 heterocycles. The Morgan fingerprint density at radius 2 is 2.20 bits per heavy atom. The molecular weight excluding hydrogens is 218 g/mol. The second-order valence-corrected chi connectivity index (χ2v) is 6.86. The average Bonchev–Trinajstić information content (AvgIpc) is 2.45. The highest BCUT2D eigenvalue weighted by Gasteiger charge is 2.39. The molecule has 1 atom stereocenters. The highest BCUT2D eigenvalue weighted by atomic mass is 32.2. The van der Waals surface area contributed by atoms with E-state index in [1.165, 1.54) is 0 Å².